The van der Waals surface area contributed by atoms with Crippen molar-refractivity contribution < 1.29 is 0 Å². The van der Waals surface area contributed by atoms with Crippen LogP contribution in [0.1, 0.15) is 0 Å². The third kappa shape index (κ3) is 3.10. The molecule has 1 fully saturated rings. The molecule has 0 saturated carbocycles. The summed E-state index contributed by atoms with van der Waals surface area (Å²) in [7, 11) is 0. The van der Waals surface area contributed by atoms with Crippen molar-refractivity contribution in [1.82, 2.24) is 10.6 Å². The van der Waals surface area contributed by atoms with E-state index in [2.05, 4.69) is 10.6 Å². The van der Waals surface area contributed by atoms with Crippen LogP contribution in [0.3, 0.4) is 0 Å². The first kappa shape index (κ1) is 7.48. The third-order valence-corrected chi connectivity index (χ3v) is 0.957. The van der Waals surface area contributed by atoms with Gasteiger partial charge in [-0.2, -0.15) is 0 Å². The molecular weight excluding hydrogens is 151 g/mol. The fraction of sp³-hybridized carbons (Fsp3) is 1.00. The Bertz CT molecular complexity index is 25.2. The van der Waals surface area contributed by atoms with Crippen molar-refractivity contribution in [2.45, 2.75) is 0 Å². The third-order valence-electron chi connectivity index (χ3n) is 0.957. The second-order valence-corrected chi connectivity index (χ2v) is 1.50. The predicted octanol–water partition coefficient (Wildman–Crippen LogP) is -2.00. The minimum atomic E-state index is 0. The zero-order valence-corrected chi connectivity index (χ0v) is 7.50. The molecular formula is C4H13AsN2. The van der Waals surface area contributed by atoms with Gasteiger partial charge in [0.25, 0.3) is 0 Å². The summed E-state index contributed by atoms with van der Waals surface area (Å²) >= 11 is 0. The van der Waals surface area contributed by atoms with Crippen molar-refractivity contribution in [3.63, 3.8) is 0 Å². The van der Waals surface area contributed by atoms with Crippen molar-refractivity contribution in [3.8, 4) is 0 Å². The minimum absolute atomic E-state index is 0. The second kappa shape index (κ2) is 4.63. The molecule has 0 radical (unpaired) electrons. The van der Waals surface area contributed by atoms with Gasteiger partial charge in [-0.3, -0.25) is 0 Å². The van der Waals surface area contributed by atoms with Gasteiger partial charge >= 0.3 is 18.0 Å². The van der Waals surface area contributed by atoms with Crippen LogP contribution in [0.25, 0.3) is 0 Å². The van der Waals surface area contributed by atoms with Crippen molar-refractivity contribution in [3.05, 3.63) is 0 Å². The van der Waals surface area contributed by atoms with Crippen LogP contribution in [0.15, 0.2) is 0 Å². The van der Waals surface area contributed by atoms with E-state index in [9.17, 15) is 0 Å². The summed E-state index contributed by atoms with van der Waals surface area (Å²) < 4.78 is 0. The van der Waals surface area contributed by atoms with Gasteiger partial charge in [0.05, 0.1) is 0 Å². The zero-order chi connectivity index (χ0) is 4.24. The molecule has 7 heavy (non-hydrogen) atoms. The van der Waals surface area contributed by atoms with Crippen molar-refractivity contribution >= 4 is 18.0 Å². The van der Waals surface area contributed by atoms with Crippen LogP contribution in [0.2, 0.25) is 0 Å². The molecule has 3 heteroatoms. The van der Waals surface area contributed by atoms with Crippen LogP contribution in [0.4, 0.5) is 0 Å². The molecule has 1 rings (SSSR count). The molecule has 0 spiro atoms. The Kier molecular flexibility index (Phi) is 4.95. The summed E-state index contributed by atoms with van der Waals surface area (Å²) in [6.07, 6.45) is 0. The Labute approximate surface area is 55.4 Å². The van der Waals surface area contributed by atoms with Crippen LogP contribution in [0.5, 0.6) is 0 Å². The number of piperazine rings is 1. The van der Waals surface area contributed by atoms with E-state index in [4.69, 9.17) is 0 Å². The summed E-state index contributed by atoms with van der Waals surface area (Å²) in [4.78, 5) is 0. The summed E-state index contributed by atoms with van der Waals surface area (Å²) in [5.74, 6) is 0. The molecule has 0 aromatic heterocycles. The van der Waals surface area contributed by atoms with Crippen LogP contribution in [-0.2, 0) is 0 Å². The Morgan fingerprint density at radius 2 is 1.00 bits per heavy atom. The number of nitrogens with one attached hydrogen (secondary N) is 2. The predicted molar refractivity (Wildman–Crippen MR) is 35.7 cm³/mol. The van der Waals surface area contributed by atoms with Gasteiger partial charge < -0.3 is 10.6 Å². The molecule has 0 aromatic carbocycles. The molecule has 0 aromatic rings. The standard InChI is InChI=1S/C4H10N2.AsH3/c1-2-6-4-3-5-1;/h5-6H,1-4H2;1H3. The van der Waals surface area contributed by atoms with E-state index in [-0.39, 0.29) is 18.0 Å². The van der Waals surface area contributed by atoms with Crippen molar-refractivity contribution in [2.24, 2.45) is 0 Å². The Hall–Kier alpha value is 0.478. The summed E-state index contributed by atoms with van der Waals surface area (Å²) in [5.41, 5.74) is 0. The van der Waals surface area contributed by atoms with Gasteiger partial charge in [0.2, 0.25) is 0 Å². The average Bonchev–Trinajstić information content (AvgIpc) is 1.72. The van der Waals surface area contributed by atoms with Gasteiger partial charge in [-0.15, -0.1) is 0 Å². The van der Waals surface area contributed by atoms with Crippen LogP contribution in [-0.4, -0.2) is 44.1 Å². The van der Waals surface area contributed by atoms with E-state index in [1.165, 1.54) is 0 Å². The molecule has 1 unspecified atom stereocenters. The molecule has 0 amide bonds. The number of hydrogen-bond donors (Lipinski definition) is 2. The van der Waals surface area contributed by atoms with E-state index in [1.807, 2.05) is 0 Å². The monoisotopic (exact) mass is 164 g/mol. The molecule has 2 N–H and O–H groups in total. The first-order valence-electron chi connectivity index (χ1n) is 2.41. The van der Waals surface area contributed by atoms with Gasteiger partial charge in [0, 0.05) is 26.2 Å². The molecule has 2 nitrogen and oxygen atoms in total. The molecule has 1 saturated heterocycles. The van der Waals surface area contributed by atoms with Gasteiger partial charge in [-0.1, -0.05) is 0 Å². The molecule has 0 aliphatic carbocycles. The Morgan fingerprint density at radius 3 is 1.14 bits per heavy atom. The normalized spacial score (nSPS) is 20.6. The average molecular weight is 164 g/mol. The van der Waals surface area contributed by atoms with Gasteiger partial charge in [-0.25, -0.2) is 0 Å². The summed E-state index contributed by atoms with van der Waals surface area (Å²) in [6, 6.07) is 0. The Morgan fingerprint density at radius 1 is 0.714 bits per heavy atom. The van der Waals surface area contributed by atoms with Crippen molar-refractivity contribution in [2.75, 3.05) is 26.2 Å². The molecule has 1 heterocycles. The van der Waals surface area contributed by atoms with E-state index < -0.39 is 0 Å². The first-order valence-corrected chi connectivity index (χ1v) is 2.41. The first-order chi connectivity index (χ1) is 3.00. The van der Waals surface area contributed by atoms with E-state index >= 15 is 0 Å². The summed E-state index contributed by atoms with van der Waals surface area (Å²) in [5, 5.41) is 6.44. The number of hydrogen-bond acceptors (Lipinski definition) is 2. The Balaban J connectivity index is 0.000000360. The van der Waals surface area contributed by atoms with E-state index in [1.54, 1.807) is 0 Å². The summed E-state index contributed by atoms with van der Waals surface area (Å²) in [6.45, 7) is 4.56. The van der Waals surface area contributed by atoms with E-state index in [0.29, 0.717) is 0 Å². The van der Waals surface area contributed by atoms with Crippen molar-refractivity contribution in [1.29, 1.82) is 0 Å². The number of rotatable bonds is 0. The topological polar surface area (TPSA) is 24.1 Å². The molecule has 1 atom stereocenters. The molecule has 44 valence electrons. The second-order valence-electron chi connectivity index (χ2n) is 1.50. The van der Waals surface area contributed by atoms with Gasteiger partial charge in [-0.05, 0) is 0 Å². The fourth-order valence-electron chi connectivity index (χ4n) is 0.604. The fourth-order valence-corrected chi connectivity index (χ4v) is 0.604. The molecule has 0 bridgehead atoms. The van der Waals surface area contributed by atoms with Crippen LogP contribution < -0.4 is 10.6 Å². The maximum atomic E-state index is 3.22. The molecule has 1 aliphatic rings. The van der Waals surface area contributed by atoms with E-state index in [0.717, 1.165) is 26.2 Å². The SMILES string of the molecule is C1CNCCN1.[AsH3]. The molecule has 1 aliphatic heterocycles. The van der Waals surface area contributed by atoms with Gasteiger partial charge in [0.1, 0.15) is 0 Å². The van der Waals surface area contributed by atoms with Crippen LogP contribution in [0, 0.1) is 0 Å². The van der Waals surface area contributed by atoms with Gasteiger partial charge in [0.15, 0.2) is 0 Å². The zero-order valence-electron chi connectivity index (χ0n) is 4.54. The quantitative estimate of drug-likeness (QED) is 0.404. The maximum absolute atomic E-state index is 3.22. The van der Waals surface area contributed by atoms with Crippen LogP contribution >= 0.6 is 0 Å².